The average molecular weight is 218 g/mol. The quantitative estimate of drug-likeness (QED) is 0.798. The standard InChI is InChI=1S/C14H22N2/c1-10(2)11-4-6-12(7-5-11)13-8-16-9-14(13,3)15/h4-7,10,13,16H,8-9,15H2,1-3H3/t13-,14+/m1/s1. The Morgan fingerprint density at radius 3 is 2.38 bits per heavy atom. The van der Waals surface area contributed by atoms with Crippen molar-refractivity contribution in [2.24, 2.45) is 5.73 Å². The fourth-order valence-corrected chi connectivity index (χ4v) is 2.45. The normalized spacial score (nSPS) is 29.9. The molecule has 0 radical (unpaired) electrons. The molecule has 0 amide bonds. The molecule has 1 heterocycles. The largest absolute Gasteiger partial charge is 0.324 e. The molecule has 1 fully saturated rings. The van der Waals surface area contributed by atoms with Crippen LogP contribution in [0.3, 0.4) is 0 Å². The first kappa shape index (κ1) is 11.6. The molecule has 2 nitrogen and oxygen atoms in total. The highest BCUT2D eigenvalue weighted by Crippen LogP contribution is 2.30. The van der Waals surface area contributed by atoms with Gasteiger partial charge in [0, 0.05) is 24.5 Å². The molecule has 2 atom stereocenters. The number of hydrogen-bond donors (Lipinski definition) is 2. The van der Waals surface area contributed by atoms with Crippen LogP contribution in [0.25, 0.3) is 0 Å². The van der Waals surface area contributed by atoms with Gasteiger partial charge in [0.05, 0.1) is 0 Å². The molecular formula is C14H22N2. The first-order valence-corrected chi connectivity index (χ1v) is 6.10. The second kappa shape index (κ2) is 4.19. The Morgan fingerprint density at radius 1 is 1.31 bits per heavy atom. The van der Waals surface area contributed by atoms with Gasteiger partial charge in [-0.15, -0.1) is 0 Å². The van der Waals surface area contributed by atoms with Crippen molar-refractivity contribution in [3.05, 3.63) is 35.4 Å². The first-order chi connectivity index (χ1) is 7.50. The van der Waals surface area contributed by atoms with Crippen LogP contribution >= 0.6 is 0 Å². The minimum atomic E-state index is -0.112. The van der Waals surface area contributed by atoms with Gasteiger partial charge in [0.15, 0.2) is 0 Å². The topological polar surface area (TPSA) is 38.0 Å². The molecule has 0 spiro atoms. The Balaban J connectivity index is 2.22. The minimum absolute atomic E-state index is 0.112. The molecule has 1 aliphatic rings. The van der Waals surface area contributed by atoms with Crippen molar-refractivity contribution in [3.8, 4) is 0 Å². The van der Waals surface area contributed by atoms with E-state index < -0.39 is 0 Å². The highest BCUT2D eigenvalue weighted by atomic mass is 15.0. The van der Waals surface area contributed by atoms with Gasteiger partial charge in [0.1, 0.15) is 0 Å². The first-order valence-electron chi connectivity index (χ1n) is 6.10. The van der Waals surface area contributed by atoms with Gasteiger partial charge in [0.25, 0.3) is 0 Å². The molecular weight excluding hydrogens is 196 g/mol. The second-order valence-electron chi connectivity index (χ2n) is 5.51. The van der Waals surface area contributed by atoms with Crippen molar-refractivity contribution in [1.82, 2.24) is 5.32 Å². The Kier molecular flexibility index (Phi) is 3.04. The highest BCUT2D eigenvalue weighted by Gasteiger charge is 2.35. The van der Waals surface area contributed by atoms with Crippen LogP contribution in [-0.4, -0.2) is 18.6 Å². The maximum absolute atomic E-state index is 6.29. The third-order valence-electron chi connectivity index (χ3n) is 3.66. The van der Waals surface area contributed by atoms with Crippen molar-refractivity contribution in [3.63, 3.8) is 0 Å². The number of nitrogens with two attached hydrogens (primary N) is 1. The van der Waals surface area contributed by atoms with Crippen LogP contribution in [0.1, 0.15) is 43.7 Å². The molecule has 1 aromatic rings. The Bertz CT molecular complexity index is 352. The predicted octanol–water partition coefficient (Wildman–Crippen LogP) is 2.21. The fourth-order valence-electron chi connectivity index (χ4n) is 2.45. The SMILES string of the molecule is CC(C)c1ccc([C@H]2CNC[C@]2(C)N)cc1. The smallest absolute Gasteiger partial charge is 0.0333 e. The van der Waals surface area contributed by atoms with Crippen LogP contribution in [0, 0.1) is 0 Å². The molecule has 3 N–H and O–H groups in total. The van der Waals surface area contributed by atoms with Crippen LogP contribution in [-0.2, 0) is 0 Å². The van der Waals surface area contributed by atoms with Gasteiger partial charge in [-0.1, -0.05) is 38.1 Å². The second-order valence-corrected chi connectivity index (χ2v) is 5.51. The molecule has 1 aromatic carbocycles. The number of nitrogens with one attached hydrogen (secondary N) is 1. The van der Waals surface area contributed by atoms with Crippen LogP contribution in [0.4, 0.5) is 0 Å². The summed E-state index contributed by atoms with van der Waals surface area (Å²) in [4.78, 5) is 0. The number of hydrogen-bond acceptors (Lipinski definition) is 2. The summed E-state index contributed by atoms with van der Waals surface area (Å²) < 4.78 is 0. The number of rotatable bonds is 2. The van der Waals surface area contributed by atoms with Gasteiger partial charge < -0.3 is 11.1 Å². The average Bonchev–Trinajstić information content (AvgIpc) is 2.58. The Morgan fingerprint density at radius 2 is 1.94 bits per heavy atom. The zero-order chi connectivity index (χ0) is 11.8. The Labute approximate surface area is 98.2 Å². The third kappa shape index (κ3) is 2.13. The van der Waals surface area contributed by atoms with Crippen molar-refractivity contribution in [2.45, 2.75) is 38.1 Å². The minimum Gasteiger partial charge on any atom is -0.324 e. The molecule has 2 heteroatoms. The van der Waals surface area contributed by atoms with E-state index >= 15 is 0 Å². The lowest BCUT2D eigenvalue weighted by Crippen LogP contribution is -2.42. The van der Waals surface area contributed by atoms with E-state index in [4.69, 9.17) is 5.73 Å². The molecule has 1 saturated heterocycles. The number of benzene rings is 1. The van der Waals surface area contributed by atoms with Crippen LogP contribution in [0.15, 0.2) is 24.3 Å². The monoisotopic (exact) mass is 218 g/mol. The van der Waals surface area contributed by atoms with Gasteiger partial charge in [0.2, 0.25) is 0 Å². The van der Waals surface area contributed by atoms with E-state index in [0.717, 1.165) is 13.1 Å². The summed E-state index contributed by atoms with van der Waals surface area (Å²) >= 11 is 0. The van der Waals surface area contributed by atoms with E-state index in [0.29, 0.717) is 11.8 Å². The summed E-state index contributed by atoms with van der Waals surface area (Å²) in [5.74, 6) is 1.04. The molecule has 0 aromatic heterocycles. The van der Waals surface area contributed by atoms with E-state index in [9.17, 15) is 0 Å². The van der Waals surface area contributed by atoms with E-state index in [2.05, 4.69) is 50.4 Å². The summed E-state index contributed by atoms with van der Waals surface area (Å²) in [7, 11) is 0. The molecule has 0 bridgehead atoms. The van der Waals surface area contributed by atoms with Crippen molar-refractivity contribution < 1.29 is 0 Å². The van der Waals surface area contributed by atoms with Crippen LogP contribution < -0.4 is 11.1 Å². The molecule has 0 aliphatic carbocycles. The van der Waals surface area contributed by atoms with Gasteiger partial charge in [-0.3, -0.25) is 0 Å². The summed E-state index contributed by atoms with van der Waals surface area (Å²) in [6.45, 7) is 8.48. The molecule has 2 rings (SSSR count). The summed E-state index contributed by atoms with van der Waals surface area (Å²) in [6, 6.07) is 8.93. The lowest BCUT2D eigenvalue weighted by Gasteiger charge is -2.26. The van der Waals surface area contributed by atoms with Crippen molar-refractivity contribution >= 4 is 0 Å². The summed E-state index contributed by atoms with van der Waals surface area (Å²) in [5.41, 5.74) is 8.93. The lowest BCUT2D eigenvalue weighted by atomic mass is 9.84. The maximum atomic E-state index is 6.29. The van der Waals surface area contributed by atoms with Crippen LogP contribution in [0.5, 0.6) is 0 Å². The van der Waals surface area contributed by atoms with E-state index in [1.807, 2.05) is 0 Å². The van der Waals surface area contributed by atoms with Crippen molar-refractivity contribution in [1.29, 1.82) is 0 Å². The predicted molar refractivity (Wildman–Crippen MR) is 68.7 cm³/mol. The molecule has 88 valence electrons. The van der Waals surface area contributed by atoms with E-state index in [1.165, 1.54) is 11.1 Å². The van der Waals surface area contributed by atoms with E-state index in [-0.39, 0.29) is 5.54 Å². The zero-order valence-electron chi connectivity index (χ0n) is 10.5. The lowest BCUT2D eigenvalue weighted by molar-refractivity contribution is 0.462. The maximum Gasteiger partial charge on any atom is 0.0333 e. The highest BCUT2D eigenvalue weighted by molar-refractivity contribution is 5.30. The summed E-state index contributed by atoms with van der Waals surface area (Å²) in [5, 5.41) is 3.37. The zero-order valence-corrected chi connectivity index (χ0v) is 10.5. The fraction of sp³-hybridized carbons (Fsp3) is 0.571. The Hall–Kier alpha value is -0.860. The van der Waals surface area contributed by atoms with Gasteiger partial charge in [-0.2, -0.15) is 0 Å². The molecule has 16 heavy (non-hydrogen) atoms. The molecule has 0 unspecified atom stereocenters. The van der Waals surface area contributed by atoms with E-state index in [1.54, 1.807) is 0 Å². The van der Waals surface area contributed by atoms with Gasteiger partial charge in [-0.25, -0.2) is 0 Å². The van der Waals surface area contributed by atoms with Gasteiger partial charge in [-0.05, 0) is 24.0 Å². The summed E-state index contributed by atoms with van der Waals surface area (Å²) in [6.07, 6.45) is 0. The van der Waals surface area contributed by atoms with Gasteiger partial charge >= 0.3 is 0 Å². The van der Waals surface area contributed by atoms with Crippen LogP contribution in [0.2, 0.25) is 0 Å². The molecule has 0 saturated carbocycles. The van der Waals surface area contributed by atoms with Crippen molar-refractivity contribution in [2.75, 3.05) is 13.1 Å². The molecule has 1 aliphatic heterocycles. The third-order valence-corrected chi connectivity index (χ3v) is 3.66.